The zero-order chi connectivity index (χ0) is 13.9. The van der Waals surface area contributed by atoms with Crippen molar-refractivity contribution in [2.24, 2.45) is 0 Å². The Morgan fingerprint density at radius 3 is 2.60 bits per heavy atom. The second-order valence-electron chi connectivity index (χ2n) is 4.55. The van der Waals surface area contributed by atoms with Crippen molar-refractivity contribution in [3.63, 3.8) is 0 Å². The van der Waals surface area contributed by atoms with Gasteiger partial charge in [0.15, 0.2) is 0 Å². The van der Waals surface area contributed by atoms with Crippen LogP contribution in [-0.2, 0) is 0 Å². The van der Waals surface area contributed by atoms with Gasteiger partial charge >= 0.3 is 0 Å². The minimum Gasteiger partial charge on any atom is -0.367 e. The van der Waals surface area contributed by atoms with Gasteiger partial charge in [-0.25, -0.2) is 0 Å². The van der Waals surface area contributed by atoms with E-state index in [-0.39, 0.29) is 16.5 Å². The van der Waals surface area contributed by atoms with Crippen LogP contribution in [0.2, 0.25) is 0 Å². The minimum absolute atomic E-state index is 0.0452. The third kappa shape index (κ3) is 2.21. The molecule has 0 saturated carbocycles. The number of nitrogens with one attached hydrogen (secondary N) is 2. The molecule has 20 heavy (non-hydrogen) atoms. The summed E-state index contributed by atoms with van der Waals surface area (Å²) in [6, 6.07) is 12.6. The van der Waals surface area contributed by atoms with Gasteiger partial charge in [0, 0.05) is 36.4 Å². The summed E-state index contributed by atoms with van der Waals surface area (Å²) in [5, 5.41) is 10.9. The van der Waals surface area contributed by atoms with Crippen molar-refractivity contribution in [2.75, 3.05) is 0 Å². The third-order valence-corrected chi connectivity index (χ3v) is 3.30. The average Bonchev–Trinajstić information content (AvgIpc) is 3.13. The second-order valence-corrected chi connectivity index (χ2v) is 4.55. The lowest BCUT2D eigenvalue weighted by Gasteiger charge is -2.15. The molecule has 0 fully saturated rings. The Bertz CT molecular complexity index is 668. The molecular formula is C15H13N3O2. The zero-order valence-electron chi connectivity index (χ0n) is 10.6. The number of nitro groups is 1. The number of nitro benzene ring substituents is 1. The number of hydrogen-bond donors (Lipinski definition) is 2. The van der Waals surface area contributed by atoms with Crippen LogP contribution in [0.15, 0.2) is 61.1 Å². The van der Waals surface area contributed by atoms with Crippen LogP contribution < -0.4 is 0 Å². The van der Waals surface area contributed by atoms with Crippen molar-refractivity contribution < 1.29 is 4.92 Å². The Hall–Kier alpha value is -2.82. The van der Waals surface area contributed by atoms with Crippen molar-refractivity contribution in [3.05, 3.63) is 88.0 Å². The predicted molar refractivity (Wildman–Crippen MR) is 75.6 cm³/mol. The lowest BCUT2D eigenvalue weighted by Crippen LogP contribution is -2.03. The first-order valence-electron chi connectivity index (χ1n) is 6.26. The van der Waals surface area contributed by atoms with Crippen LogP contribution in [0.25, 0.3) is 0 Å². The molecule has 3 rings (SSSR count). The maximum Gasteiger partial charge on any atom is 0.269 e. The topological polar surface area (TPSA) is 74.7 Å². The molecule has 2 N–H and O–H groups in total. The smallest absolute Gasteiger partial charge is 0.269 e. The van der Waals surface area contributed by atoms with Crippen LogP contribution in [0.3, 0.4) is 0 Å². The predicted octanol–water partition coefficient (Wildman–Crippen LogP) is 3.43. The van der Waals surface area contributed by atoms with Crippen molar-refractivity contribution >= 4 is 5.69 Å². The maximum absolute atomic E-state index is 10.9. The van der Waals surface area contributed by atoms with Gasteiger partial charge in [-0.15, -0.1) is 0 Å². The van der Waals surface area contributed by atoms with Crippen LogP contribution in [0, 0.1) is 10.1 Å². The summed E-state index contributed by atoms with van der Waals surface area (Å²) in [4.78, 5) is 16.8. The van der Waals surface area contributed by atoms with Gasteiger partial charge in [-0.1, -0.05) is 12.1 Å². The van der Waals surface area contributed by atoms with Gasteiger partial charge in [-0.05, 0) is 29.3 Å². The number of rotatable bonds is 4. The van der Waals surface area contributed by atoms with Crippen LogP contribution in [0.1, 0.15) is 22.7 Å². The molecule has 0 aliphatic heterocycles. The van der Waals surface area contributed by atoms with Gasteiger partial charge in [-0.2, -0.15) is 0 Å². The van der Waals surface area contributed by atoms with Gasteiger partial charge in [0.2, 0.25) is 0 Å². The molecular weight excluding hydrogens is 254 g/mol. The normalized spacial score (nSPS) is 12.2. The summed E-state index contributed by atoms with van der Waals surface area (Å²) in [5.74, 6) is -0.0452. The summed E-state index contributed by atoms with van der Waals surface area (Å²) >= 11 is 0. The fraction of sp³-hybridized carbons (Fsp3) is 0.0667. The number of hydrogen-bond acceptors (Lipinski definition) is 2. The summed E-state index contributed by atoms with van der Waals surface area (Å²) in [7, 11) is 0. The van der Waals surface area contributed by atoms with E-state index >= 15 is 0 Å². The average molecular weight is 267 g/mol. The van der Waals surface area contributed by atoms with Crippen molar-refractivity contribution in [1.29, 1.82) is 0 Å². The first-order valence-corrected chi connectivity index (χ1v) is 6.26. The SMILES string of the molecule is O=[N+]([O-])c1cccc(C(c2cc[nH]c2)c2ccc[nH]2)c1. The van der Waals surface area contributed by atoms with Gasteiger partial charge < -0.3 is 9.97 Å². The molecule has 0 radical (unpaired) electrons. The molecule has 5 heteroatoms. The Morgan fingerprint density at radius 1 is 1.05 bits per heavy atom. The number of aromatic amines is 2. The Labute approximate surface area is 115 Å². The lowest BCUT2D eigenvalue weighted by molar-refractivity contribution is -0.384. The van der Waals surface area contributed by atoms with E-state index < -0.39 is 0 Å². The summed E-state index contributed by atoms with van der Waals surface area (Å²) in [5.41, 5.74) is 3.06. The van der Waals surface area contributed by atoms with E-state index in [0.29, 0.717) is 0 Å². The molecule has 0 aliphatic carbocycles. The monoisotopic (exact) mass is 267 g/mol. The quantitative estimate of drug-likeness (QED) is 0.561. The number of benzene rings is 1. The first kappa shape index (κ1) is 12.2. The molecule has 1 aromatic carbocycles. The fourth-order valence-electron chi connectivity index (χ4n) is 2.41. The molecule has 1 unspecified atom stereocenters. The van der Waals surface area contributed by atoms with Crippen molar-refractivity contribution in [3.8, 4) is 0 Å². The number of non-ortho nitro benzene ring substituents is 1. The molecule has 0 spiro atoms. The van der Waals surface area contributed by atoms with Gasteiger partial charge in [0.05, 0.1) is 10.8 Å². The zero-order valence-corrected chi connectivity index (χ0v) is 10.6. The number of H-pyrrole nitrogens is 2. The van der Waals surface area contributed by atoms with E-state index in [1.165, 1.54) is 6.07 Å². The van der Waals surface area contributed by atoms with Crippen molar-refractivity contribution in [1.82, 2.24) is 9.97 Å². The van der Waals surface area contributed by atoms with Gasteiger partial charge in [0.25, 0.3) is 5.69 Å². The minimum atomic E-state index is -0.369. The van der Waals surface area contributed by atoms with E-state index in [2.05, 4.69) is 9.97 Å². The molecule has 0 saturated heterocycles. The number of nitrogens with zero attached hydrogens (tertiary/aromatic N) is 1. The first-order chi connectivity index (χ1) is 9.75. The highest BCUT2D eigenvalue weighted by molar-refractivity contribution is 5.44. The Kier molecular flexibility index (Phi) is 3.09. The Balaban J connectivity index is 2.11. The molecule has 100 valence electrons. The highest BCUT2D eigenvalue weighted by Crippen LogP contribution is 2.32. The number of aromatic nitrogens is 2. The summed E-state index contributed by atoms with van der Waals surface area (Å²) in [6.45, 7) is 0. The highest BCUT2D eigenvalue weighted by Gasteiger charge is 2.20. The fourth-order valence-corrected chi connectivity index (χ4v) is 2.41. The molecule has 2 aromatic heterocycles. The summed E-state index contributed by atoms with van der Waals surface area (Å²) in [6.07, 6.45) is 5.61. The van der Waals surface area contributed by atoms with Crippen molar-refractivity contribution in [2.45, 2.75) is 5.92 Å². The lowest BCUT2D eigenvalue weighted by atomic mass is 9.90. The Morgan fingerprint density at radius 2 is 1.95 bits per heavy atom. The van der Waals surface area contributed by atoms with E-state index in [0.717, 1.165) is 16.8 Å². The van der Waals surface area contributed by atoms with Gasteiger partial charge in [-0.3, -0.25) is 10.1 Å². The standard InChI is InChI=1S/C15H13N3O2/c19-18(20)13-4-1-3-11(9-13)15(12-6-8-16-10-12)14-5-2-7-17-14/h1-10,15-17H. The molecule has 0 aliphatic rings. The molecule has 2 heterocycles. The van der Waals surface area contributed by atoms with E-state index in [1.54, 1.807) is 12.1 Å². The highest BCUT2D eigenvalue weighted by atomic mass is 16.6. The maximum atomic E-state index is 10.9. The van der Waals surface area contributed by atoms with E-state index in [1.807, 2.05) is 42.9 Å². The van der Waals surface area contributed by atoms with Crippen LogP contribution >= 0.6 is 0 Å². The molecule has 0 bridgehead atoms. The largest absolute Gasteiger partial charge is 0.367 e. The third-order valence-electron chi connectivity index (χ3n) is 3.30. The van der Waals surface area contributed by atoms with E-state index in [4.69, 9.17) is 0 Å². The second kappa shape index (κ2) is 5.05. The molecule has 0 amide bonds. The van der Waals surface area contributed by atoms with Crippen LogP contribution in [-0.4, -0.2) is 14.9 Å². The van der Waals surface area contributed by atoms with E-state index in [9.17, 15) is 10.1 Å². The van der Waals surface area contributed by atoms with Crippen LogP contribution in [0.4, 0.5) is 5.69 Å². The molecule has 5 nitrogen and oxygen atoms in total. The summed E-state index contributed by atoms with van der Waals surface area (Å²) < 4.78 is 0. The molecule has 1 atom stereocenters. The molecule has 3 aromatic rings. The van der Waals surface area contributed by atoms with Crippen LogP contribution in [0.5, 0.6) is 0 Å². The van der Waals surface area contributed by atoms with Gasteiger partial charge in [0.1, 0.15) is 0 Å².